The van der Waals surface area contributed by atoms with Crippen LogP contribution in [0.1, 0.15) is 31.7 Å². The lowest BCUT2D eigenvalue weighted by Crippen LogP contribution is -2.46. The molecule has 0 saturated carbocycles. The maximum absolute atomic E-state index is 12.0. The normalized spacial score (nSPS) is 18.7. The highest BCUT2D eigenvalue weighted by Gasteiger charge is 2.32. The molecule has 1 aliphatic rings. The van der Waals surface area contributed by atoms with Crippen LogP contribution in [0.25, 0.3) is 0 Å². The molecule has 100 valence electrons. The summed E-state index contributed by atoms with van der Waals surface area (Å²) in [5, 5.41) is 9.10. The quantitative estimate of drug-likeness (QED) is 0.761. The predicted molar refractivity (Wildman–Crippen MR) is 68.4 cm³/mol. The largest absolute Gasteiger partial charge is 0.464 e. The average Bonchev–Trinajstić information content (AvgIpc) is 2.47. The Bertz CT molecular complexity index is 498. The van der Waals surface area contributed by atoms with Gasteiger partial charge in [-0.1, -0.05) is 0 Å². The summed E-state index contributed by atoms with van der Waals surface area (Å²) in [6.45, 7) is 2.85. The number of esters is 1. The summed E-state index contributed by atoms with van der Waals surface area (Å²) in [6.07, 6.45) is 5.55. The Morgan fingerprint density at radius 1 is 1.63 bits per heavy atom. The van der Waals surface area contributed by atoms with E-state index in [1.165, 1.54) is 12.5 Å². The summed E-state index contributed by atoms with van der Waals surface area (Å²) in [4.78, 5) is 21.8. The van der Waals surface area contributed by atoms with Gasteiger partial charge in [-0.05, 0) is 26.2 Å². The van der Waals surface area contributed by atoms with E-state index in [1.807, 2.05) is 4.90 Å². The SMILES string of the molecule is CCOC(=O)C1CCCCN1c1ncncc1C#N. The second kappa shape index (κ2) is 6.14. The number of anilines is 1. The first-order chi connectivity index (χ1) is 9.27. The maximum atomic E-state index is 12.0. The van der Waals surface area contributed by atoms with Crippen LogP contribution >= 0.6 is 0 Å². The smallest absolute Gasteiger partial charge is 0.328 e. The van der Waals surface area contributed by atoms with E-state index in [0.29, 0.717) is 24.5 Å². The molecule has 6 heteroatoms. The molecule has 0 N–H and O–H groups in total. The summed E-state index contributed by atoms with van der Waals surface area (Å²) < 4.78 is 5.10. The maximum Gasteiger partial charge on any atom is 0.328 e. The Kier molecular flexibility index (Phi) is 4.29. The van der Waals surface area contributed by atoms with Crippen LogP contribution < -0.4 is 4.90 Å². The van der Waals surface area contributed by atoms with Gasteiger partial charge < -0.3 is 9.64 Å². The van der Waals surface area contributed by atoms with Gasteiger partial charge in [-0.25, -0.2) is 14.8 Å². The molecule has 1 aromatic rings. The van der Waals surface area contributed by atoms with Crippen molar-refractivity contribution >= 4 is 11.8 Å². The first-order valence-corrected chi connectivity index (χ1v) is 6.41. The minimum absolute atomic E-state index is 0.246. The Morgan fingerprint density at radius 3 is 3.21 bits per heavy atom. The number of rotatable bonds is 3. The lowest BCUT2D eigenvalue weighted by Gasteiger charge is -2.35. The van der Waals surface area contributed by atoms with Crippen molar-refractivity contribution in [3.8, 4) is 6.07 Å². The van der Waals surface area contributed by atoms with Crippen LogP contribution in [0.5, 0.6) is 0 Å². The lowest BCUT2D eigenvalue weighted by molar-refractivity contribution is -0.145. The Labute approximate surface area is 112 Å². The highest BCUT2D eigenvalue weighted by Crippen LogP contribution is 2.25. The van der Waals surface area contributed by atoms with Crippen LogP contribution in [0.2, 0.25) is 0 Å². The standard InChI is InChI=1S/C13H16N4O2/c1-2-19-13(18)11-5-3-4-6-17(11)12-10(7-14)8-15-9-16-12/h8-9,11H,2-6H2,1H3. The van der Waals surface area contributed by atoms with Gasteiger partial charge in [0.05, 0.1) is 12.8 Å². The zero-order valence-corrected chi connectivity index (χ0v) is 10.9. The van der Waals surface area contributed by atoms with E-state index in [1.54, 1.807) is 6.92 Å². The number of carbonyl (C=O) groups excluding carboxylic acids is 1. The molecule has 2 heterocycles. The summed E-state index contributed by atoms with van der Waals surface area (Å²) >= 11 is 0. The number of ether oxygens (including phenoxy) is 1. The fraction of sp³-hybridized carbons (Fsp3) is 0.538. The second-order valence-electron chi connectivity index (χ2n) is 4.33. The molecule has 2 rings (SSSR count). The Hall–Kier alpha value is -2.16. The predicted octanol–water partition coefficient (Wildman–Crippen LogP) is 1.27. The third-order valence-corrected chi connectivity index (χ3v) is 3.15. The van der Waals surface area contributed by atoms with E-state index in [2.05, 4.69) is 16.0 Å². The van der Waals surface area contributed by atoms with Crippen LogP contribution in [0.4, 0.5) is 5.82 Å². The summed E-state index contributed by atoms with van der Waals surface area (Å²) in [5.74, 6) is 0.278. The van der Waals surface area contributed by atoms with E-state index in [4.69, 9.17) is 10.00 Å². The van der Waals surface area contributed by atoms with Crippen molar-refractivity contribution in [3.05, 3.63) is 18.1 Å². The van der Waals surface area contributed by atoms with Gasteiger partial charge in [0, 0.05) is 6.54 Å². The summed E-state index contributed by atoms with van der Waals surface area (Å²) in [5.41, 5.74) is 0.388. The minimum Gasteiger partial charge on any atom is -0.464 e. The van der Waals surface area contributed by atoms with Crippen LogP contribution in [0, 0.1) is 11.3 Å². The van der Waals surface area contributed by atoms with Crippen LogP contribution in [-0.2, 0) is 9.53 Å². The number of hydrogen-bond acceptors (Lipinski definition) is 6. The third-order valence-electron chi connectivity index (χ3n) is 3.15. The van der Waals surface area contributed by atoms with Gasteiger partial charge >= 0.3 is 5.97 Å². The van der Waals surface area contributed by atoms with Crippen molar-refractivity contribution < 1.29 is 9.53 Å². The second-order valence-corrected chi connectivity index (χ2v) is 4.33. The van der Waals surface area contributed by atoms with Gasteiger partial charge in [0.25, 0.3) is 0 Å². The zero-order chi connectivity index (χ0) is 13.7. The van der Waals surface area contributed by atoms with Crippen molar-refractivity contribution in [1.82, 2.24) is 9.97 Å². The van der Waals surface area contributed by atoms with Gasteiger partial charge in [-0.2, -0.15) is 5.26 Å². The number of nitrogens with zero attached hydrogens (tertiary/aromatic N) is 4. The highest BCUT2D eigenvalue weighted by molar-refractivity contribution is 5.80. The van der Waals surface area contributed by atoms with Crippen LogP contribution in [0.15, 0.2) is 12.5 Å². The number of nitriles is 1. The molecule has 1 saturated heterocycles. The minimum atomic E-state index is -0.351. The molecule has 0 spiro atoms. The summed E-state index contributed by atoms with van der Waals surface area (Å²) in [6, 6.07) is 1.71. The fourth-order valence-electron chi connectivity index (χ4n) is 2.30. The Balaban J connectivity index is 2.29. The first kappa shape index (κ1) is 13.3. The Morgan fingerprint density at radius 2 is 2.47 bits per heavy atom. The average molecular weight is 260 g/mol. The van der Waals surface area contributed by atoms with Crippen molar-refractivity contribution in [1.29, 1.82) is 5.26 Å². The van der Waals surface area contributed by atoms with E-state index >= 15 is 0 Å². The molecule has 6 nitrogen and oxygen atoms in total. The van der Waals surface area contributed by atoms with Gasteiger partial charge in [-0.3, -0.25) is 0 Å². The van der Waals surface area contributed by atoms with Gasteiger partial charge in [0.2, 0.25) is 0 Å². The van der Waals surface area contributed by atoms with E-state index in [9.17, 15) is 4.79 Å². The van der Waals surface area contributed by atoms with Crippen molar-refractivity contribution in [3.63, 3.8) is 0 Å². The first-order valence-electron chi connectivity index (χ1n) is 6.41. The molecular weight excluding hydrogens is 244 g/mol. The van der Waals surface area contributed by atoms with Crippen molar-refractivity contribution in [2.24, 2.45) is 0 Å². The van der Waals surface area contributed by atoms with E-state index < -0.39 is 0 Å². The number of carbonyl (C=O) groups is 1. The number of hydrogen-bond donors (Lipinski definition) is 0. The molecule has 1 unspecified atom stereocenters. The van der Waals surface area contributed by atoms with E-state index in [0.717, 1.165) is 19.3 Å². The molecule has 0 aliphatic carbocycles. The molecule has 19 heavy (non-hydrogen) atoms. The molecule has 1 aliphatic heterocycles. The van der Waals surface area contributed by atoms with Crippen molar-refractivity contribution in [2.45, 2.75) is 32.2 Å². The molecular formula is C13H16N4O2. The van der Waals surface area contributed by atoms with Crippen molar-refractivity contribution in [2.75, 3.05) is 18.1 Å². The molecule has 1 fully saturated rings. The van der Waals surface area contributed by atoms with Gasteiger partial charge in [0.15, 0.2) is 5.82 Å². The lowest BCUT2D eigenvalue weighted by atomic mass is 10.0. The molecule has 0 aromatic carbocycles. The number of piperidine rings is 1. The third kappa shape index (κ3) is 2.81. The molecule has 0 amide bonds. The van der Waals surface area contributed by atoms with Gasteiger partial charge in [0.1, 0.15) is 24.0 Å². The monoisotopic (exact) mass is 260 g/mol. The highest BCUT2D eigenvalue weighted by atomic mass is 16.5. The van der Waals surface area contributed by atoms with E-state index in [-0.39, 0.29) is 12.0 Å². The molecule has 0 radical (unpaired) electrons. The summed E-state index contributed by atoms with van der Waals surface area (Å²) in [7, 11) is 0. The fourth-order valence-corrected chi connectivity index (χ4v) is 2.30. The molecule has 0 bridgehead atoms. The number of aromatic nitrogens is 2. The molecule has 1 atom stereocenters. The zero-order valence-electron chi connectivity index (χ0n) is 10.9. The van der Waals surface area contributed by atoms with Crippen LogP contribution in [0.3, 0.4) is 0 Å². The molecule has 1 aromatic heterocycles. The van der Waals surface area contributed by atoms with Crippen LogP contribution in [-0.4, -0.2) is 35.1 Å². The topological polar surface area (TPSA) is 79.1 Å². The van der Waals surface area contributed by atoms with Gasteiger partial charge in [-0.15, -0.1) is 0 Å².